The molecule has 8 heteroatoms. The van der Waals surface area contributed by atoms with E-state index in [4.69, 9.17) is 16.7 Å². The summed E-state index contributed by atoms with van der Waals surface area (Å²) in [5.74, 6) is -1.68. The van der Waals surface area contributed by atoms with Crippen molar-refractivity contribution in [2.75, 3.05) is 0 Å². The number of aromatic hydroxyl groups is 1. The number of hydrazone groups is 1. The Morgan fingerprint density at radius 2 is 2.09 bits per heavy atom. The smallest absolute Gasteiger partial charge is 0.352 e. The number of nitrogens with zero attached hydrogens (tertiary/aromatic N) is 2. The maximum Gasteiger partial charge on any atom is 0.352 e. The van der Waals surface area contributed by atoms with Crippen LogP contribution in [0.15, 0.2) is 35.6 Å². The van der Waals surface area contributed by atoms with Crippen LogP contribution in [0.5, 0.6) is 5.75 Å². The second kappa shape index (κ2) is 6.31. The molecule has 0 bridgehead atoms. The first-order chi connectivity index (χ1) is 10.4. The lowest BCUT2D eigenvalue weighted by molar-refractivity contribution is 0.0686. The molecule has 22 heavy (non-hydrogen) atoms. The predicted molar refractivity (Wildman–Crippen MR) is 80.5 cm³/mol. The molecule has 1 heterocycles. The maximum atomic E-state index is 11.8. The Kier molecular flexibility index (Phi) is 4.47. The first-order valence-electron chi connectivity index (χ1n) is 6.10. The van der Waals surface area contributed by atoms with Gasteiger partial charge in [0.15, 0.2) is 0 Å². The van der Waals surface area contributed by atoms with E-state index in [2.05, 4.69) is 10.5 Å². The molecule has 1 aromatic carbocycles. The molecule has 2 rings (SSSR count). The van der Waals surface area contributed by atoms with Gasteiger partial charge < -0.3 is 14.8 Å². The fourth-order valence-electron chi connectivity index (χ4n) is 1.75. The van der Waals surface area contributed by atoms with Crippen LogP contribution in [0.3, 0.4) is 0 Å². The number of carboxylic acid groups (broad SMARTS) is 1. The number of phenols is 1. The van der Waals surface area contributed by atoms with Gasteiger partial charge in [-0.15, -0.1) is 0 Å². The number of aromatic nitrogens is 1. The summed E-state index contributed by atoms with van der Waals surface area (Å²) in [6.45, 7) is 0. The standard InChI is InChI=1S/C14H12ClN3O4/c1-18-7-8(4-11(18)14(21)22)6-16-17-13(20)9-2-3-12(19)10(15)5-9/h2-7,19H,1H3,(H,17,20)(H,21,22). The monoisotopic (exact) mass is 321 g/mol. The van der Waals surface area contributed by atoms with Crippen molar-refractivity contribution in [2.45, 2.75) is 0 Å². The molecule has 0 fully saturated rings. The molecule has 0 aliphatic heterocycles. The lowest BCUT2D eigenvalue weighted by Gasteiger charge is -2.01. The van der Waals surface area contributed by atoms with Crippen LogP contribution in [0.4, 0.5) is 0 Å². The molecule has 0 aliphatic rings. The zero-order valence-corrected chi connectivity index (χ0v) is 12.2. The summed E-state index contributed by atoms with van der Waals surface area (Å²) < 4.78 is 1.44. The van der Waals surface area contributed by atoms with E-state index < -0.39 is 11.9 Å². The molecule has 0 saturated heterocycles. The highest BCUT2D eigenvalue weighted by molar-refractivity contribution is 6.32. The lowest BCUT2D eigenvalue weighted by atomic mass is 10.2. The van der Waals surface area contributed by atoms with E-state index in [1.165, 1.54) is 35.0 Å². The van der Waals surface area contributed by atoms with Gasteiger partial charge in [-0.3, -0.25) is 4.79 Å². The summed E-state index contributed by atoms with van der Waals surface area (Å²) in [6, 6.07) is 5.44. The molecule has 2 aromatic rings. The third-order valence-corrected chi connectivity index (χ3v) is 3.14. The SMILES string of the molecule is Cn1cc(C=NNC(=O)c2ccc(O)c(Cl)c2)cc1C(=O)O. The van der Waals surface area contributed by atoms with Crippen LogP contribution in [0.25, 0.3) is 0 Å². The van der Waals surface area contributed by atoms with Gasteiger partial charge in [0.05, 0.1) is 11.2 Å². The molecular weight excluding hydrogens is 310 g/mol. The highest BCUT2D eigenvalue weighted by Gasteiger charge is 2.09. The van der Waals surface area contributed by atoms with Crippen LogP contribution in [-0.2, 0) is 7.05 Å². The molecule has 1 aromatic heterocycles. The number of hydrogen-bond donors (Lipinski definition) is 3. The van der Waals surface area contributed by atoms with Crippen molar-refractivity contribution >= 4 is 29.7 Å². The molecule has 0 aliphatic carbocycles. The Balaban J connectivity index is 2.05. The molecule has 0 saturated carbocycles. The van der Waals surface area contributed by atoms with E-state index in [1.54, 1.807) is 13.2 Å². The van der Waals surface area contributed by atoms with E-state index >= 15 is 0 Å². The second-order valence-electron chi connectivity index (χ2n) is 4.44. The quantitative estimate of drug-likeness (QED) is 0.590. The molecule has 0 unspecified atom stereocenters. The number of aromatic carboxylic acids is 1. The Morgan fingerprint density at radius 3 is 2.68 bits per heavy atom. The number of carbonyl (C=O) groups is 2. The van der Waals surface area contributed by atoms with Gasteiger partial charge in [0.1, 0.15) is 11.4 Å². The van der Waals surface area contributed by atoms with Crippen LogP contribution in [0, 0.1) is 0 Å². The van der Waals surface area contributed by atoms with Crippen LogP contribution in [0.2, 0.25) is 5.02 Å². The van der Waals surface area contributed by atoms with Crippen molar-refractivity contribution in [3.05, 3.63) is 52.3 Å². The van der Waals surface area contributed by atoms with E-state index in [0.717, 1.165) is 0 Å². The van der Waals surface area contributed by atoms with Crippen molar-refractivity contribution in [2.24, 2.45) is 12.1 Å². The van der Waals surface area contributed by atoms with Crippen molar-refractivity contribution < 1.29 is 19.8 Å². The number of phenolic OH excluding ortho intramolecular Hbond substituents is 1. The van der Waals surface area contributed by atoms with Gasteiger partial charge >= 0.3 is 5.97 Å². The number of nitrogens with one attached hydrogen (secondary N) is 1. The molecule has 114 valence electrons. The summed E-state index contributed by atoms with van der Waals surface area (Å²) in [5.41, 5.74) is 3.16. The topological polar surface area (TPSA) is 104 Å². The van der Waals surface area contributed by atoms with E-state index in [9.17, 15) is 14.7 Å². The van der Waals surface area contributed by atoms with Crippen LogP contribution >= 0.6 is 11.6 Å². The minimum Gasteiger partial charge on any atom is -0.506 e. The third-order valence-electron chi connectivity index (χ3n) is 2.83. The van der Waals surface area contributed by atoms with Crippen molar-refractivity contribution in [3.8, 4) is 5.75 Å². The summed E-state index contributed by atoms with van der Waals surface area (Å²) in [5, 5.41) is 22.0. The highest BCUT2D eigenvalue weighted by Crippen LogP contribution is 2.23. The molecule has 3 N–H and O–H groups in total. The predicted octanol–water partition coefficient (Wildman–Crippen LogP) is 1.85. The molecular formula is C14H12ClN3O4. The molecule has 0 radical (unpaired) electrons. The number of amides is 1. The number of benzene rings is 1. The summed E-state index contributed by atoms with van der Waals surface area (Å²) >= 11 is 5.71. The summed E-state index contributed by atoms with van der Waals surface area (Å²) in [4.78, 5) is 22.7. The lowest BCUT2D eigenvalue weighted by Crippen LogP contribution is -2.17. The van der Waals surface area contributed by atoms with E-state index in [-0.39, 0.29) is 22.0 Å². The summed E-state index contributed by atoms with van der Waals surface area (Å²) in [6.07, 6.45) is 2.89. The van der Waals surface area contributed by atoms with Gasteiger partial charge in [-0.25, -0.2) is 10.2 Å². The molecule has 0 spiro atoms. The molecule has 7 nitrogen and oxygen atoms in total. The molecule has 1 amide bonds. The van der Waals surface area contributed by atoms with Crippen molar-refractivity contribution in [1.82, 2.24) is 9.99 Å². The Bertz CT molecular complexity index is 767. The first-order valence-corrected chi connectivity index (χ1v) is 6.48. The first kappa shape index (κ1) is 15.6. The number of rotatable bonds is 4. The fraction of sp³-hybridized carbons (Fsp3) is 0.0714. The van der Waals surface area contributed by atoms with Gasteiger partial charge in [-0.05, 0) is 24.3 Å². The number of halogens is 1. The largest absolute Gasteiger partial charge is 0.506 e. The van der Waals surface area contributed by atoms with E-state index in [1.807, 2.05) is 0 Å². The summed E-state index contributed by atoms with van der Waals surface area (Å²) in [7, 11) is 1.60. The minimum atomic E-state index is -1.05. The fourth-order valence-corrected chi connectivity index (χ4v) is 1.93. The van der Waals surface area contributed by atoms with Gasteiger partial charge in [-0.1, -0.05) is 11.6 Å². The number of carboxylic acids is 1. The van der Waals surface area contributed by atoms with Gasteiger partial charge in [-0.2, -0.15) is 5.10 Å². The Labute approximate surface area is 130 Å². The van der Waals surface area contributed by atoms with Crippen LogP contribution < -0.4 is 5.43 Å². The average molecular weight is 322 g/mol. The zero-order valence-electron chi connectivity index (χ0n) is 11.4. The average Bonchev–Trinajstić information content (AvgIpc) is 2.83. The van der Waals surface area contributed by atoms with E-state index in [0.29, 0.717) is 5.56 Å². The molecule has 0 atom stereocenters. The van der Waals surface area contributed by atoms with Crippen molar-refractivity contribution in [3.63, 3.8) is 0 Å². The van der Waals surface area contributed by atoms with Gasteiger partial charge in [0.2, 0.25) is 0 Å². The minimum absolute atomic E-state index is 0.0609. The number of aryl methyl sites for hydroxylation is 1. The van der Waals surface area contributed by atoms with Gasteiger partial charge in [0, 0.05) is 24.4 Å². The third kappa shape index (κ3) is 3.44. The second-order valence-corrected chi connectivity index (χ2v) is 4.85. The zero-order chi connectivity index (χ0) is 16.3. The number of carbonyl (C=O) groups excluding carboxylic acids is 1. The maximum absolute atomic E-state index is 11.8. The highest BCUT2D eigenvalue weighted by atomic mass is 35.5. The van der Waals surface area contributed by atoms with Crippen LogP contribution in [-0.4, -0.2) is 32.9 Å². The Morgan fingerprint density at radius 1 is 1.36 bits per heavy atom. The normalized spacial score (nSPS) is 10.8. The Hall–Kier alpha value is -2.80. The van der Waals surface area contributed by atoms with Crippen LogP contribution in [0.1, 0.15) is 26.4 Å². The van der Waals surface area contributed by atoms with Crippen molar-refractivity contribution in [1.29, 1.82) is 0 Å². The number of hydrogen-bond acceptors (Lipinski definition) is 4. The van der Waals surface area contributed by atoms with Gasteiger partial charge in [0.25, 0.3) is 5.91 Å².